The number of nitrogens with one attached hydrogen (secondary N) is 1. The SMILES string of the molecule is CCCCCOc1ccccc1C=CC12NC(=O)CN1c1ccccc1C2(C)C. The Balaban J connectivity index is 1.67. The average Bonchev–Trinajstić information content (AvgIpc) is 3.15. The van der Waals surface area contributed by atoms with Crippen molar-refractivity contribution in [2.24, 2.45) is 0 Å². The molecule has 1 N–H and O–H groups in total. The van der Waals surface area contributed by atoms with Gasteiger partial charge < -0.3 is 15.0 Å². The van der Waals surface area contributed by atoms with Crippen LogP contribution in [0.15, 0.2) is 54.6 Å². The van der Waals surface area contributed by atoms with Crippen molar-refractivity contribution >= 4 is 17.7 Å². The Morgan fingerprint density at radius 1 is 1.10 bits per heavy atom. The van der Waals surface area contributed by atoms with Crippen molar-refractivity contribution in [1.82, 2.24) is 5.32 Å². The fourth-order valence-corrected chi connectivity index (χ4v) is 4.63. The van der Waals surface area contributed by atoms with Crippen LogP contribution in [0.5, 0.6) is 5.75 Å². The van der Waals surface area contributed by atoms with Crippen molar-refractivity contribution < 1.29 is 9.53 Å². The molecule has 1 amide bonds. The second kappa shape index (κ2) is 7.58. The number of fused-ring (bicyclic) bond motifs is 3. The molecule has 2 aromatic rings. The van der Waals surface area contributed by atoms with Crippen LogP contribution in [-0.2, 0) is 10.2 Å². The minimum Gasteiger partial charge on any atom is -0.493 e. The van der Waals surface area contributed by atoms with Crippen molar-refractivity contribution in [3.8, 4) is 5.75 Å². The third-order valence-electron chi connectivity index (χ3n) is 6.31. The Morgan fingerprint density at radius 2 is 1.86 bits per heavy atom. The smallest absolute Gasteiger partial charge is 0.241 e. The van der Waals surface area contributed by atoms with Gasteiger partial charge in [-0.3, -0.25) is 4.79 Å². The van der Waals surface area contributed by atoms with Gasteiger partial charge in [0, 0.05) is 16.7 Å². The average molecular weight is 391 g/mol. The lowest BCUT2D eigenvalue weighted by Gasteiger charge is -2.40. The van der Waals surface area contributed by atoms with E-state index >= 15 is 0 Å². The van der Waals surface area contributed by atoms with Gasteiger partial charge in [0.15, 0.2) is 0 Å². The number of rotatable bonds is 7. The summed E-state index contributed by atoms with van der Waals surface area (Å²) in [5.41, 5.74) is 2.58. The highest BCUT2D eigenvalue weighted by molar-refractivity contribution is 5.91. The molecule has 1 saturated heterocycles. The van der Waals surface area contributed by atoms with E-state index in [2.05, 4.69) is 67.4 Å². The molecule has 0 radical (unpaired) electrons. The molecule has 1 fully saturated rings. The van der Waals surface area contributed by atoms with Crippen LogP contribution in [0.25, 0.3) is 6.08 Å². The van der Waals surface area contributed by atoms with Gasteiger partial charge in [0.05, 0.1) is 13.2 Å². The number of carbonyl (C=O) groups is 1. The number of amides is 1. The van der Waals surface area contributed by atoms with Crippen molar-refractivity contribution in [3.63, 3.8) is 0 Å². The zero-order chi connectivity index (χ0) is 20.5. The summed E-state index contributed by atoms with van der Waals surface area (Å²) in [7, 11) is 0. The van der Waals surface area contributed by atoms with Crippen LogP contribution < -0.4 is 15.0 Å². The zero-order valence-corrected chi connectivity index (χ0v) is 17.6. The second-order valence-electron chi connectivity index (χ2n) is 8.47. The molecule has 4 rings (SSSR count). The maximum absolute atomic E-state index is 12.4. The molecule has 0 saturated carbocycles. The third kappa shape index (κ3) is 3.21. The topological polar surface area (TPSA) is 41.6 Å². The number of unbranched alkanes of at least 4 members (excludes halogenated alkanes) is 2. The highest BCUT2D eigenvalue weighted by Crippen LogP contribution is 2.52. The molecule has 4 nitrogen and oxygen atoms in total. The second-order valence-corrected chi connectivity index (χ2v) is 8.47. The summed E-state index contributed by atoms with van der Waals surface area (Å²) < 4.78 is 6.05. The van der Waals surface area contributed by atoms with E-state index in [-0.39, 0.29) is 11.3 Å². The van der Waals surface area contributed by atoms with Crippen LogP contribution in [0, 0.1) is 0 Å². The minimum atomic E-state index is -0.580. The fourth-order valence-electron chi connectivity index (χ4n) is 4.63. The number of hydrogen-bond donors (Lipinski definition) is 1. The first kappa shape index (κ1) is 19.6. The molecule has 152 valence electrons. The molecule has 2 aromatic carbocycles. The van der Waals surface area contributed by atoms with E-state index in [0.717, 1.165) is 30.0 Å². The Bertz CT molecular complexity index is 934. The monoisotopic (exact) mass is 390 g/mol. The van der Waals surface area contributed by atoms with Crippen LogP contribution >= 0.6 is 0 Å². The van der Waals surface area contributed by atoms with E-state index in [1.165, 1.54) is 18.4 Å². The molecule has 0 aliphatic carbocycles. The van der Waals surface area contributed by atoms with Gasteiger partial charge >= 0.3 is 0 Å². The Kier molecular flexibility index (Phi) is 5.12. The quantitative estimate of drug-likeness (QED) is 0.684. The van der Waals surface area contributed by atoms with Crippen LogP contribution in [0.2, 0.25) is 0 Å². The number of nitrogens with zero attached hydrogens (tertiary/aromatic N) is 1. The normalized spacial score (nSPS) is 21.9. The number of para-hydroxylation sites is 2. The summed E-state index contributed by atoms with van der Waals surface area (Å²) in [4.78, 5) is 14.6. The van der Waals surface area contributed by atoms with Gasteiger partial charge in [-0.25, -0.2) is 0 Å². The molecule has 0 bridgehead atoms. The van der Waals surface area contributed by atoms with E-state index < -0.39 is 5.66 Å². The maximum Gasteiger partial charge on any atom is 0.241 e. The van der Waals surface area contributed by atoms with E-state index in [0.29, 0.717) is 6.54 Å². The zero-order valence-electron chi connectivity index (χ0n) is 17.6. The summed E-state index contributed by atoms with van der Waals surface area (Å²) in [6, 6.07) is 16.5. The lowest BCUT2D eigenvalue weighted by molar-refractivity contribution is -0.118. The highest BCUT2D eigenvalue weighted by Gasteiger charge is 2.59. The lowest BCUT2D eigenvalue weighted by atomic mass is 9.75. The standard InChI is InChI=1S/C25H30N2O2/c1-4-5-10-17-29-22-14-9-6-11-19(22)15-16-25-24(2,3)20-12-7-8-13-21(20)27(25)18-23(28)26-25/h6-9,11-16H,4-5,10,17-18H2,1-3H3,(H,26,28). The minimum absolute atomic E-state index is 0.0568. The number of benzene rings is 2. The van der Waals surface area contributed by atoms with Crippen LogP contribution in [-0.4, -0.2) is 24.7 Å². The van der Waals surface area contributed by atoms with Crippen LogP contribution in [0.1, 0.15) is 51.2 Å². The Hall–Kier alpha value is -2.75. The Labute approximate surface area is 173 Å². The first-order valence-electron chi connectivity index (χ1n) is 10.6. The van der Waals surface area contributed by atoms with Gasteiger partial charge in [0.1, 0.15) is 11.4 Å². The molecule has 0 spiro atoms. The largest absolute Gasteiger partial charge is 0.493 e. The van der Waals surface area contributed by atoms with Crippen molar-refractivity contribution in [1.29, 1.82) is 0 Å². The summed E-state index contributed by atoms with van der Waals surface area (Å²) in [5, 5.41) is 3.28. The van der Waals surface area contributed by atoms with Crippen molar-refractivity contribution in [2.45, 2.75) is 51.1 Å². The molecule has 0 aromatic heterocycles. The maximum atomic E-state index is 12.4. The van der Waals surface area contributed by atoms with E-state index in [9.17, 15) is 4.79 Å². The number of hydrogen-bond acceptors (Lipinski definition) is 3. The van der Waals surface area contributed by atoms with Gasteiger partial charge in [0.2, 0.25) is 5.91 Å². The van der Waals surface area contributed by atoms with Crippen LogP contribution in [0.3, 0.4) is 0 Å². The summed E-state index contributed by atoms with van der Waals surface area (Å²) in [6.45, 7) is 7.70. The van der Waals surface area contributed by atoms with Crippen molar-refractivity contribution in [2.75, 3.05) is 18.1 Å². The number of anilines is 1. The van der Waals surface area contributed by atoms with E-state index in [1.54, 1.807) is 0 Å². The molecule has 1 unspecified atom stereocenters. The van der Waals surface area contributed by atoms with Gasteiger partial charge in [-0.1, -0.05) is 76.1 Å². The van der Waals surface area contributed by atoms with Crippen molar-refractivity contribution in [3.05, 3.63) is 65.7 Å². The predicted molar refractivity (Wildman–Crippen MR) is 118 cm³/mol. The van der Waals surface area contributed by atoms with E-state index in [4.69, 9.17) is 4.74 Å². The van der Waals surface area contributed by atoms with E-state index in [1.807, 2.05) is 24.3 Å². The molecule has 2 heterocycles. The van der Waals surface area contributed by atoms with Crippen LogP contribution in [0.4, 0.5) is 5.69 Å². The lowest BCUT2D eigenvalue weighted by Crippen LogP contribution is -2.58. The summed E-state index contributed by atoms with van der Waals surface area (Å²) in [5.74, 6) is 0.946. The predicted octanol–water partition coefficient (Wildman–Crippen LogP) is 4.89. The molecule has 2 aliphatic heterocycles. The summed E-state index contributed by atoms with van der Waals surface area (Å²) in [6.07, 6.45) is 7.66. The van der Waals surface area contributed by atoms with Gasteiger partial charge in [0.25, 0.3) is 0 Å². The van der Waals surface area contributed by atoms with Gasteiger partial charge in [-0.05, 0) is 30.2 Å². The third-order valence-corrected chi connectivity index (χ3v) is 6.31. The molecule has 29 heavy (non-hydrogen) atoms. The Morgan fingerprint density at radius 3 is 2.69 bits per heavy atom. The number of carbonyl (C=O) groups excluding carboxylic acids is 1. The first-order valence-corrected chi connectivity index (χ1v) is 10.6. The number of ether oxygens (including phenoxy) is 1. The van der Waals surface area contributed by atoms with Gasteiger partial charge in [-0.2, -0.15) is 0 Å². The molecule has 1 atom stereocenters. The molecule has 2 aliphatic rings. The molecular formula is C25H30N2O2. The fraction of sp³-hybridized carbons (Fsp3) is 0.400. The first-order chi connectivity index (χ1) is 14.0. The molecular weight excluding hydrogens is 360 g/mol. The van der Waals surface area contributed by atoms with Gasteiger partial charge in [-0.15, -0.1) is 0 Å². The molecule has 4 heteroatoms. The highest BCUT2D eigenvalue weighted by atomic mass is 16.5. The summed E-state index contributed by atoms with van der Waals surface area (Å²) >= 11 is 0.